The molecule has 0 aliphatic carbocycles. The van der Waals surface area contributed by atoms with E-state index in [2.05, 4.69) is 25.5 Å². The zero-order chi connectivity index (χ0) is 39.4. The van der Waals surface area contributed by atoms with Crippen molar-refractivity contribution in [2.75, 3.05) is 69.5 Å². The van der Waals surface area contributed by atoms with Crippen LogP contribution in [0.15, 0.2) is 67.0 Å². The number of carbonyl (C=O) groups is 2. The molecule has 0 bridgehead atoms. The Morgan fingerprint density at radius 1 is 0.964 bits per heavy atom. The maximum Gasteiger partial charge on any atom is 0.488 e. The average molecular weight is 787 g/mol. The van der Waals surface area contributed by atoms with Crippen LogP contribution >= 0.6 is 11.6 Å². The first kappa shape index (κ1) is 41.5. The number of halogens is 3. The molecule has 19 heteroatoms. The van der Waals surface area contributed by atoms with Crippen molar-refractivity contribution < 1.29 is 52.5 Å². The smallest absolute Gasteiger partial charge is 0.423 e. The predicted molar refractivity (Wildman–Crippen MR) is 200 cm³/mol. The lowest BCUT2D eigenvalue weighted by Crippen LogP contribution is -2.33. The number of nitrogens with zero attached hydrogens (tertiary/aromatic N) is 4. The highest BCUT2D eigenvalue weighted by molar-refractivity contribution is 6.59. The lowest BCUT2D eigenvalue weighted by atomic mass is 9.77. The van der Waals surface area contributed by atoms with E-state index in [1.165, 1.54) is 42.6 Å². The molecule has 294 valence electrons. The van der Waals surface area contributed by atoms with Gasteiger partial charge in [0.15, 0.2) is 0 Å². The highest BCUT2D eigenvalue weighted by atomic mass is 35.5. The average Bonchev–Trinajstić information content (AvgIpc) is 3.80. The molecule has 2 aromatic heterocycles. The van der Waals surface area contributed by atoms with E-state index >= 15 is 0 Å². The minimum atomic E-state index is -3.86. The number of aliphatic hydroxyl groups is 1. The number of nitrogens with one attached hydrogen (secondary N) is 2. The summed E-state index contributed by atoms with van der Waals surface area (Å²) in [6.07, 6.45) is 3.14. The van der Waals surface area contributed by atoms with Crippen molar-refractivity contribution in [1.29, 1.82) is 0 Å². The maximum absolute atomic E-state index is 13.2. The highest BCUT2D eigenvalue weighted by Gasteiger charge is 2.28. The van der Waals surface area contributed by atoms with Gasteiger partial charge in [-0.05, 0) is 67.3 Å². The summed E-state index contributed by atoms with van der Waals surface area (Å²) in [5.74, 6) is -0.361. The van der Waals surface area contributed by atoms with Crippen LogP contribution in [0.4, 0.5) is 20.3 Å². The number of alkyl halides is 3. The first-order valence-corrected chi connectivity index (χ1v) is 17.9. The van der Waals surface area contributed by atoms with Gasteiger partial charge in [0.05, 0.1) is 63.5 Å². The van der Waals surface area contributed by atoms with Crippen molar-refractivity contribution in [3.05, 3.63) is 83.7 Å². The van der Waals surface area contributed by atoms with E-state index < -0.39 is 24.7 Å². The van der Waals surface area contributed by atoms with Crippen molar-refractivity contribution in [3.63, 3.8) is 0 Å². The molecule has 5 N–H and O–H groups in total. The third-order valence-electron chi connectivity index (χ3n) is 8.46. The van der Waals surface area contributed by atoms with Crippen LogP contribution in [-0.4, -0.2) is 120 Å². The molecule has 3 heterocycles. The minimum absolute atomic E-state index is 0.173. The molecule has 0 saturated carbocycles. The van der Waals surface area contributed by atoms with E-state index in [1.807, 2.05) is 4.90 Å². The van der Waals surface area contributed by atoms with Crippen molar-refractivity contribution in [2.24, 2.45) is 0 Å². The summed E-state index contributed by atoms with van der Waals surface area (Å²) in [5, 5.41) is 38.8. The Morgan fingerprint density at radius 3 is 2.33 bits per heavy atom. The topological polar surface area (TPSA) is 190 Å². The minimum Gasteiger partial charge on any atom is -0.423 e. The maximum atomic E-state index is 13.2. The predicted octanol–water partition coefficient (Wildman–Crippen LogP) is 2.40. The molecule has 2 amide bonds. The van der Waals surface area contributed by atoms with Gasteiger partial charge in [0.2, 0.25) is 0 Å². The number of aliphatic hydroxyl groups excluding tert-OH is 1. The Labute approximate surface area is 321 Å². The molecule has 1 saturated heterocycles. The van der Waals surface area contributed by atoms with Gasteiger partial charge in [-0.3, -0.25) is 14.3 Å². The Morgan fingerprint density at radius 2 is 1.67 bits per heavy atom. The Balaban J connectivity index is 1.05. The second kappa shape index (κ2) is 19.8. The lowest BCUT2D eigenvalue weighted by Gasteiger charge is -2.21. The normalized spacial score (nSPS) is 14.2. The second-order valence-corrected chi connectivity index (χ2v) is 12.9. The zero-order valence-corrected chi connectivity index (χ0v) is 30.8. The van der Waals surface area contributed by atoms with Gasteiger partial charge in [0.1, 0.15) is 11.6 Å². The zero-order valence-electron chi connectivity index (χ0n) is 30.0. The van der Waals surface area contributed by atoms with Crippen LogP contribution in [0.1, 0.15) is 32.7 Å². The summed E-state index contributed by atoms with van der Waals surface area (Å²) in [6, 6.07) is 13.4. The number of amides is 2. The van der Waals surface area contributed by atoms with Crippen molar-refractivity contribution >= 4 is 47.5 Å². The van der Waals surface area contributed by atoms with E-state index in [9.17, 15) is 33.5 Å². The first-order valence-electron chi connectivity index (χ1n) is 17.5. The van der Waals surface area contributed by atoms with Gasteiger partial charge < -0.3 is 49.6 Å². The Bertz CT molecular complexity index is 1880. The summed E-state index contributed by atoms with van der Waals surface area (Å²) >= 11 is 4.82. The molecule has 0 spiro atoms. The van der Waals surface area contributed by atoms with Crippen LogP contribution in [0.2, 0.25) is 0 Å². The number of anilines is 2. The fourth-order valence-corrected chi connectivity index (χ4v) is 5.87. The molecular weight excluding hydrogens is 745 g/mol. The van der Waals surface area contributed by atoms with Crippen molar-refractivity contribution in [1.82, 2.24) is 20.1 Å². The molecule has 1 unspecified atom stereocenters. The second-order valence-electron chi connectivity index (χ2n) is 12.5. The van der Waals surface area contributed by atoms with E-state index in [1.54, 1.807) is 36.0 Å². The van der Waals surface area contributed by atoms with Gasteiger partial charge in [-0.1, -0.05) is 11.6 Å². The van der Waals surface area contributed by atoms with E-state index in [0.29, 0.717) is 105 Å². The fourth-order valence-electron chi connectivity index (χ4n) is 5.78. The number of aryl methyl sites for hydroxylation is 1. The number of rotatable bonds is 20. The number of benzene rings is 2. The number of hydrogen-bond acceptors (Lipinski definition) is 12. The molecule has 1 atom stereocenters. The lowest BCUT2D eigenvalue weighted by molar-refractivity contribution is -0.0964. The van der Waals surface area contributed by atoms with Crippen molar-refractivity contribution in [3.8, 4) is 17.0 Å². The molecule has 0 radical (unpaired) electrons. The number of β-amino-alcohol motifs (C(OH)–C–C–N with tert-alkyl or cyclic N) is 1. The summed E-state index contributed by atoms with van der Waals surface area (Å²) in [7, 11) is -1.59. The monoisotopic (exact) mass is 786 g/mol. The summed E-state index contributed by atoms with van der Waals surface area (Å²) < 4.78 is 48.8. The third-order valence-corrected chi connectivity index (χ3v) is 8.54. The van der Waals surface area contributed by atoms with Gasteiger partial charge in [-0.15, -0.1) is 8.78 Å². The van der Waals surface area contributed by atoms with Gasteiger partial charge in [-0.2, -0.15) is 5.10 Å². The molecule has 1 fully saturated rings. The summed E-state index contributed by atoms with van der Waals surface area (Å²) in [5.41, 5.74) is -0.614. The molecule has 5 rings (SSSR count). The molecule has 1 aliphatic rings. The summed E-state index contributed by atoms with van der Waals surface area (Å²) in [6.45, 7) is 5.27. The molecule has 55 heavy (non-hydrogen) atoms. The largest absolute Gasteiger partial charge is 0.488 e. The van der Waals surface area contributed by atoms with Crippen molar-refractivity contribution in [2.45, 2.75) is 31.6 Å². The molecule has 1 aliphatic heterocycles. The SMILES string of the molecule is Cc1cc(C(=O)NCCOCCOCCOCCn2nccc2-c2cc(C(=O)Nc3ccc(OC(F)(F)Cl)cc3)cnc2N2CCC(O)C2)ccc1B(O)O. The van der Waals surface area contributed by atoms with Gasteiger partial charge >= 0.3 is 12.7 Å². The molecular formula is C36H42BClF2N6O9. The van der Waals surface area contributed by atoms with Gasteiger partial charge in [-0.25, -0.2) is 4.98 Å². The number of hydrogen-bond donors (Lipinski definition) is 5. The number of aromatic nitrogens is 3. The Kier molecular flexibility index (Phi) is 14.9. The third kappa shape index (κ3) is 12.4. The van der Waals surface area contributed by atoms with Crippen LogP contribution in [0.5, 0.6) is 5.75 Å². The first-order chi connectivity index (χ1) is 26.4. The van der Waals surface area contributed by atoms with E-state index in [-0.39, 0.29) is 23.8 Å². The van der Waals surface area contributed by atoms with E-state index in [4.69, 9.17) is 25.8 Å². The highest BCUT2D eigenvalue weighted by Crippen LogP contribution is 2.32. The molecule has 15 nitrogen and oxygen atoms in total. The molecule has 2 aromatic carbocycles. The van der Waals surface area contributed by atoms with Crippen LogP contribution in [0.3, 0.4) is 0 Å². The van der Waals surface area contributed by atoms with E-state index in [0.717, 1.165) is 0 Å². The Hall–Kier alpha value is -4.69. The van der Waals surface area contributed by atoms with Crippen LogP contribution in [-0.2, 0) is 20.8 Å². The number of pyridine rings is 1. The summed E-state index contributed by atoms with van der Waals surface area (Å²) in [4.78, 5) is 32.1. The molecule has 4 aromatic rings. The van der Waals surface area contributed by atoms with Crippen LogP contribution < -0.4 is 25.7 Å². The quantitative estimate of drug-likeness (QED) is 0.0501. The standard InChI is InChI=1S/C36H42BClF2N6O9/c1-24-20-25(2-7-31(24)37(50)51)34(48)41-11-14-52-16-18-54-19-17-53-15-13-46-32(8-10-43-46)30-21-26(22-42-33(30)45-12-9-28(47)23-45)35(49)44-27-3-5-29(6-4-27)55-36(38,39)40/h2-8,10,20-22,28,47,50-51H,9,11-19,23H2,1H3,(H,41,48)(H,44,49). The van der Waals surface area contributed by atoms with Gasteiger partial charge in [0, 0.05) is 60.4 Å². The van der Waals surface area contributed by atoms with Crippen LogP contribution in [0.25, 0.3) is 11.3 Å². The van der Waals surface area contributed by atoms with Gasteiger partial charge in [0.25, 0.3) is 11.8 Å². The number of carbonyl (C=O) groups excluding carboxylic acids is 2. The fraction of sp³-hybridized carbons (Fsp3) is 0.389. The van der Waals surface area contributed by atoms with Crippen LogP contribution in [0, 0.1) is 6.92 Å². The number of ether oxygens (including phenoxy) is 4.